The number of thioether (sulfide) groups is 1. The lowest BCUT2D eigenvalue weighted by Crippen LogP contribution is -2.70. The third-order valence-electron chi connectivity index (χ3n) is 12.6. The molecule has 2 N–H and O–H groups in total. The smallest absolute Gasteiger partial charge is 0.410 e. The molecule has 7 rings (SSSR count). The van der Waals surface area contributed by atoms with Crippen molar-refractivity contribution >= 4 is 23.6 Å². The highest BCUT2D eigenvalue weighted by Crippen LogP contribution is 2.62. The molecule has 6 atom stereocenters. The van der Waals surface area contributed by atoms with Crippen molar-refractivity contribution in [2.24, 2.45) is 22.9 Å². The molecule has 3 aliphatic rings. The van der Waals surface area contributed by atoms with Gasteiger partial charge in [-0.1, -0.05) is 78.7 Å². The van der Waals surface area contributed by atoms with Crippen molar-refractivity contribution in [3.63, 3.8) is 0 Å². The van der Waals surface area contributed by atoms with Gasteiger partial charge in [-0.15, -0.1) is 24.9 Å². The summed E-state index contributed by atoms with van der Waals surface area (Å²) in [5.41, 5.74) is 4.11. The Balaban J connectivity index is 1.45. The molecular formula is C53H61FN2O8S. The molecule has 344 valence electrons. The topological polar surface area (TPSA) is 119 Å². The highest BCUT2D eigenvalue weighted by atomic mass is 32.2. The average molecular weight is 905 g/mol. The van der Waals surface area contributed by atoms with E-state index in [-0.39, 0.29) is 63.8 Å². The number of allylic oxidation sites excluding steroid dienone is 1. The highest BCUT2D eigenvalue weighted by molar-refractivity contribution is 7.98. The first kappa shape index (κ1) is 47.6. The van der Waals surface area contributed by atoms with Crippen molar-refractivity contribution in [1.29, 1.82) is 0 Å². The van der Waals surface area contributed by atoms with Crippen LogP contribution in [0.2, 0.25) is 0 Å². The van der Waals surface area contributed by atoms with Gasteiger partial charge >= 0.3 is 6.09 Å². The van der Waals surface area contributed by atoms with Gasteiger partial charge in [0, 0.05) is 42.6 Å². The van der Waals surface area contributed by atoms with E-state index in [0.29, 0.717) is 47.8 Å². The minimum atomic E-state index is -1.52. The number of halogens is 1. The number of carbonyl (C=O) groups is 1. The third-order valence-corrected chi connectivity index (χ3v) is 13.4. The Labute approximate surface area is 386 Å². The van der Waals surface area contributed by atoms with E-state index in [1.807, 2.05) is 73.0 Å². The predicted octanol–water partition coefficient (Wildman–Crippen LogP) is 11.4. The van der Waals surface area contributed by atoms with E-state index >= 15 is 0 Å². The lowest BCUT2D eigenvalue weighted by molar-refractivity contribution is -0.256. The Morgan fingerprint density at radius 3 is 2.37 bits per heavy atom. The monoisotopic (exact) mass is 904 g/mol. The maximum absolute atomic E-state index is 14.7. The van der Waals surface area contributed by atoms with Crippen LogP contribution >= 0.6 is 11.8 Å². The third kappa shape index (κ3) is 11.4. The number of amides is 1. The Bertz CT molecular complexity index is 2250. The summed E-state index contributed by atoms with van der Waals surface area (Å²) in [5, 5.41) is 24.9. The van der Waals surface area contributed by atoms with E-state index in [0.717, 1.165) is 47.3 Å². The Hall–Kier alpha value is -5.40. The molecule has 0 unspecified atom stereocenters. The molecule has 0 radical (unpaired) electrons. The van der Waals surface area contributed by atoms with Crippen LogP contribution in [0, 0.1) is 23.6 Å². The molecule has 4 aromatic carbocycles. The average Bonchev–Trinajstić information content (AvgIpc) is 3.33. The second-order valence-corrected chi connectivity index (χ2v) is 17.6. The summed E-state index contributed by atoms with van der Waals surface area (Å²) in [5.74, 6) is -0.748. The van der Waals surface area contributed by atoms with E-state index in [2.05, 4.69) is 25.3 Å². The molecule has 65 heavy (non-hydrogen) atoms. The molecule has 1 heterocycles. The molecule has 1 fully saturated rings. The molecule has 1 amide bonds. The van der Waals surface area contributed by atoms with E-state index < -0.39 is 29.7 Å². The largest absolute Gasteiger partial charge is 0.459 e. The second-order valence-electron chi connectivity index (χ2n) is 16.8. The van der Waals surface area contributed by atoms with E-state index in [9.17, 15) is 19.4 Å². The van der Waals surface area contributed by atoms with Crippen molar-refractivity contribution in [3.8, 4) is 17.2 Å². The minimum Gasteiger partial charge on any atom is -0.459 e. The summed E-state index contributed by atoms with van der Waals surface area (Å²) in [7, 11) is 0. The molecule has 0 saturated heterocycles. The maximum atomic E-state index is 14.7. The molecule has 1 aliphatic heterocycles. The van der Waals surface area contributed by atoms with Crippen LogP contribution in [0.25, 0.3) is 0 Å². The number of fused-ring (bicyclic) bond motifs is 2. The molecule has 2 aliphatic carbocycles. The SMILES string of the molecule is C=CCCOC(=O)N(Cc1ccc(F)cc1)[C@H]1CC(=NOCc2ccccc2)C2=C[C@H](CCCCO)[C@@H](CCCCO)[C@@H]3c4cc(Oc5ccc(SC)cc5)ccc4O[C@@]1(OCC=C)[C@H]23. The van der Waals surface area contributed by atoms with E-state index in [1.165, 1.54) is 12.1 Å². The highest BCUT2D eigenvalue weighted by Gasteiger charge is 2.65. The van der Waals surface area contributed by atoms with Gasteiger partial charge in [0.25, 0.3) is 0 Å². The summed E-state index contributed by atoms with van der Waals surface area (Å²) in [6, 6.07) is 28.9. The Morgan fingerprint density at radius 2 is 1.66 bits per heavy atom. The van der Waals surface area contributed by atoms with Gasteiger partial charge in [-0.3, -0.25) is 4.90 Å². The molecule has 1 saturated carbocycles. The number of carbonyl (C=O) groups excluding carboxylic acids is 1. The van der Waals surface area contributed by atoms with Crippen LogP contribution < -0.4 is 9.47 Å². The van der Waals surface area contributed by atoms with E-state index in [1.54, 1.807) is 40.9 Å². The van der Waals surface area contributed by atoms with Crippen LogP contribution in [0.3, 0.4) is 0 Å². The maximum Gasteiger partial charge on any atom is 0.410 e. The first-order chi connectivity index (χ1) is 31.8. The number of aliphatic hydroxyl groups excluding tert-OH is 2. The summed E-state index contributed by atoms with van der Waals surface area (Å²) in [4.78, 5) is 23.7. The number of benzene rings is 4. The van der Waals surface area contributed by atoms with Gasteiger partial charge in [0.15, 0.2) is 0 Å². The van der Waals surface area contributed by atoms with Gasteiger partial charge in [0.2, 0.25) is 5.79 Å². The summed E-state index contributed by atoms with van der Waals surface area (Å²) in [6.07, 6.45) is 12.2. The normalized spacial score (nSPS) is 22.4. The quantitative estimate of drug-likeness (QED) is 0.0324. The zero-order chi connectivity index (χ0) is 45.6. The van der Waals surface area contributed by atoms with E-state index in [4.69, 9.17) is 28.9 Å². The van der Waals surface area contributed by atoms with Crippen LogP contribution in [0.1, 0.15) is 74.0 Å². The predicted molar refractivity (Wildman–Crippen MR) is 253 cm³/mol. The molecular weight excluding hydrogens is 844 g/mol. The summed E-state index contributed by atoms with van der Waals surface area (Å²) < 4.78 is 41.4. The minimum absolute atomic E-state index is 0.00906. The molecule has 0 spiro atoms. The molecule has 0 aromatic heterocycles. The number of hydrogen-bond acceptors (Lipinski definition) is 10. The zero-order valence-electron chi connectivity index (χ0n) is 37.2. The number of unbranched alkanes of at least 4 members (excludes halogenated alkanes) is 2. The van der Waals surface area contributed by atoms with Crippen molar-refractivity contribution in [3.05, 3.63) is 157 Å². The number of oxime groups is 1. The number of rotatable bonds is 23. The van der Waals surface area contributed by atoms with Gasteiger partial charge in [-0.05, 0) is 121 Å². The van der Waals surface area contributed by atoms with Crippen molar-refractivity contribution in [1.82, 2.24) is 4.90 Å². The van der Waals surface area contributed by atoms with Crippen LogP contribution in [-0.2, 0) is 27.5 Å². The van der Waals surface area contributed by atoms with Gasteiger partial charge in [0.1, 0.15) is 35.7 Å². The fourth-order valence-electron chi connectivity index (χ4n) is 9.65. The fourth-order valence-corrected chi connectivity index (χ4v) is 10.1. The second kappa shape index (κ2) is 23.2. The number of nitrogens with zero attached hydrogens (tertiary/aromatic N) is 2. The van der Waals surface area contributed by atoms with Gasteiger partial charge in [0.05, 0.1) is 24.8 Å². The van der Waals surface area contributed by atoms with Crippen molar-refractivity contribution < 1.29 is 43.2 Å². The summed E-state index contributed by atoms with van der Waals surface area (Å²) >= 11 is 1.66. The Morgan fingerprint density at radius 1 is 0.923 bits per heavy atom. The number of aliphatic hydroxyl groups is 2. The first-order valence-corrected chi connectivity index (χ1v) is 23.9. The fraction of sp³-hybridized carbons (Fsp3) is 0.396. The van der Waals surface area contributed by atoms with Crippen LogP contribution in [0.5, 0.6) is 17.2 Å². The Kier molecular flexibility index (Phi) is 17.0. The van der Waals surface area contributed by atoms with Gasteiger partial charge in [-0.25, -0.2) is 9.18 Å². The number of ether oxygens (including phenoxy) is 4. The molecule has 0 bridgehead atoms. The van der Waals surface area contributed by atoms with Crippen LogP contribution in [0.4, 0.5) is 9.18 Å². The standard InChI is InChI=1S/C53H61FN2O8S/c1-4-6-31-60-52(59)56(35-37-18-20-40(54)21-19-37)49-34-47(55-62-36-38-14-8-7-9-15-38)45-32-39(16-10-12-28-57)44(17-11-13-29-58)50-46-33-42(63-41-22-25-43(65-3)26-23-41)24-27-48(46)64-53(49,51(45)50)61-30-5-2/h4-5,7-9,14-15,18-27,32-33,39,44,49-51,57-58H,1-2,6,10-13,16-17,28-31,34-36H2,3H3/t39-,44+,49-,50+,51+,53+/m0/s1. The van der Waals surface area contributed by atoms with Crippen molar-refractivity contribution in [2.75, 3.05) is 32.7 Å². The van der Waals surface area contributed by atoms with Crippen molar-refractivity contribution in [2.45, 2.75) is 87.2 Å². The van der Waals surface area contributed by atoms with Gasteiger partial charge in [-0.2, -0.15) is 0 Å². The van der Waals surface area contributed by atoms with Gasteiger partial charge < -0.3 is 34.0 Å². The first-order valence-electron chi connectivity index (χ1n) is 22.7. The molecule has 4 aromatic rings. The van der Waals surface area contributed by atoms with Crippen LogP contribution in [0.15, 0.2) is 144 Å². The lowest BCUT2D eigenvalue weighted by Gasteiger charge is -2.59. The number of hydrogen-bond donors (Lipinski definition) is 2. The molecule has 10 nitrogen and oxygen atoms in total. The lowest BCUT2D eigenvalue weighted by atomic mass is 9.55. The van der Waals surface area contributed by atoms with Crippen LogP contribution in [-0.4, -0.2) is 71.4 Å². The summed E-state index contributed by atoms with van der Waals surface area (Å²) in [6.45, 7) is 8.49. The molecule has 12 heteroatoms. The zero-order valence-corrected chi connectivity index (χ0v) is 38.0.